The predicted octanol–water partition coefficient (Wildman–Crippen LogP) is 6.54. The van der Waals surface area contributed by atoms with Crippen LogP contribution in [0.5, 0.6) is 0 Å². The second kappa shape index (κ2) is 6.80. The molecule has 0 radical (unpaired) electrons. The Morgan fingerprint density at radius 2 is 2.00 bits per heavy atom. The monoisotopic (exact) mass is 474 g/mol. The molecule has 4 heteroatoms. The van der Waals surface area contributed by atoms with Gasteiger partial charge in [0.1, 0.15) is 5.78 Å². The van der Waals surface area contributed by atoms with Crippen molar-refractivity contribution < 1.29 is 8.98 Å². The highest BCUT2D eigenvalue weighted by molar-refractivity contribution is 14.2. The molecule has 7 atom stereocenters. The summed E-state index contributed by atoms with van der Waals surface area (Å²) in [6.45, 7) is 6.82. The van der Waals surface area contributed by atoms with Crippen LogP contribution in [0.4, 0.5) is 0 Å². The third-order valence-corrected chi connectivity index (χ3v) is 9.69. The van der Waals surface area contributed by atoms with Crippen LogP contribution in [0.3, 0.4) is 0 Å². The van der Waals surface area contributed by atoms with Gasteiger partial charge in [-0.2, -0.15) is 0 Å². The molecule has 0 aromatic carbocycles. The molecule has 3 fully saturated rings. The fraction of sp³-hybridized carbons (Fsp3) is 0.857. The van der Waals surface area contributed by atoms with Crippen LogP contribution < -0.4 is 0 Å². The lowest BCUT2D eigenvalue weighted by Gasteiger charge is -2.58. The van der Waals surface area contributed by atoms with E-state index in [-0.39, 0.29) is 5.41 Å². The number of rotatable bonds is 3. The predicted molar refractivity (Wildman–Crippen MR) is 112 cm³/mol. The molecule has 0 amide bonds. The zero-order valence-corrected chi connectivity index (χ0v) is 18.7. The first-order valence-electron chi connectivity index (χ1n) is 10.0. The highest BCUT2D eigenvalue weighted by atomic mass is 127. The molecule has 0 heterocycles. The van der Waals surface area contributed by atoms with E-state index < -0.39 is 0 Å². The highest BCUT2D eigenvalue weighted by Gasteiger charge is 2.59. The molecule has 4 rings (SSSR count). The molecule has 140 valence electrons. The van der Waals surface area contributed by atoms with E-state index >= 15 is 0 Å². The van der Waals surface area contributed by atoms with Crippen LogP contribution in [0.2, 0.25) is 0 Å². The lowest BCUT2D eigenvalue weighted by atomic mass is 9.47. The van der Waals surface area contributed by atoms with E-state index in [9.17, 15) is 4.79 Å². The number of ketones is 1. The van der Waals surface area contributed by atoms with E-state index in [2.05, 4.69) is 41.1 Å². The second-order valence-electron chi connectivity index (χ2n) is 9.57. The zero-order valence-electron chi connectivity index (χ0n) is 15.7. The molecule has 0 aromatic heterocycles. The summed E-state index contributed by atoms with van der Waals surface area (Å²) >= 11 is 2.24. The standard InChI is InChI=1S/C21H31IO2S/c1-13(23)17-6-7-18-16-5-4-14-12-15(24-25-22)8-10-20(14,2)19(16)9-11-21(17,18)3/h4,15-19H,5-12H2,1-3H3. The number of carbonyl (C=O) groups excluding carboxylic acids is 1. The highest BCUT2D eigenvalue weighted by Crippen LogP contribution is 2.66. The molecule has 4 aliphatic rings. The molecule has 0 aliphatic heterocycles. The zero-order chi connectivity index (χ0) is 17.8. The lowest BCUT2D eigenvalue weighted by molar-refractivity contribution is -0.127. The summed E-state index contributed by atoms with van der Waals surface area (Å²) < 4.78 is 5.86. The van der Waals surface area contributed by atoms with E-state index in [0.717, 1.165) is 30.6 Å². The third-order valence-electron chi connectivity index (χ3n) is 8.72. The first kappa shape index (κ1) is 18.8. The molecule has 0 aromatic rings. The van der Waals surface area contributed by atoms with E-state index in [1.165, 1.54) is 47.7 Å². The minimum absolute atomic E-state index is 0.271. The van der Waals surface area contributed by atoms with E-state index in [0.29, 0.717) is 23.2 Å². The number of carbonyl (C=O) groups is 1. The summed E-state index contributed by atoms with van der Waals surface area (Å²) in [5.41, 5.74) is 2.33. The smallest absolute Gasteiger partial charge is 0.133 e. The summed E-state index contributed by atoms with van der Waals surface area (Å²) in [5, 5.41) is 0. The van der Waals surface area contributed by atoms with Crippen molar-refractivity contribution in [1.29, 1.82) is 0 Å². The summed E-state index contributed by atoms with van der Waals surface area (Å²) in [4.78, 5) is 12.2. The Kier molecular flexibility index (Phi) is 5.12. The number of halogens is 1. The van der Waals surface area contributed by atoms with Gasteiger partial charge in [0.25, 0.3) is 0 Å². The Hall–Kier alpha value is 0.450. The van der Waals surface area contributed by atoms with Crippen molar-refractivity contribution >= 4 is 36.2 Å². The fourth-order valence-electron chi connectivity index (χ4n) is 7.43. The Labute approximate surface area is 169 Å². The van der Waals surface area contributed by atoms with Crippen molar-refractivity contribution in [3.05, 3.63) is 11.6 Å². The van der Waals surface area contributed by atoms with Crippen LogP contribution in [0.15, 0.2) is 11.6 Å². The van der Waals surface area contributed by atoms with E-state index in [4.69, 9.17) is 4.18 Å². The Morgan fingerprint density at radius 3 is 2.72 bits per heavy atom. The first-order chi connectivity index (χ1) is 11.9. The number of hydrogen-bond acceptors (Lipinski definition) is 3. The summed E-state index contributed by atoms with van der Waals surface area (Å²) in [7, 11) is 1.49. The van der Waals surface area contributed by atoms with Crippen molar-refractivity contribution in [3.8, 4) is 0 Å². The van der Waals surface area contributed by atoms with Gasteiger partial charge in [0.2, 0.25) is 0 Å². The van der Waals surface area contributed by atoms with Crippen LogP contribution in [0.1, 0.15) is 72.1 Å². The number of fused-ring (bicyclic) bond motifs is 5. The van der Waals surface area contributed by atoms with E-state index in [1.54, 1.807) is 5.57 Å². The molecule has 0 N–H and O–H groups in total. The van der Waals surface area contributed by atoms with Crippen LogP contribution >= 0.6 is 30.4 Å². The average Bonchev–Trinajstić information content (AvgIpc) is 2.93. The van der Waals surface area contributed by atoms with Gasteiger partial charge in [-0.25, -0.2) is 0 Å². The van der Waals surface area contributed by atoms with Gasteiger partial charge in [-0.15, -0.1) is 0 Å². The SMILES string of the molecule is CC(=O)C1CCC2C3CC=C4CC(OSI)CCC4(C)C3CCC12C. The Bertz CT molecular complexity index is 590. The number of allylic oxidation sites excluding steroid dienone is 1. The molecular weight excluding hydrogens is 443 g/mol. The lowest BCUT2D eigenvalue weighted by Crippen LogP contribution is -2.50. The summed E-state index contributed by atoms with van der Waals surface area (Å²) in [5.74, 6) is 3.14. The molecule has 2 nitrogen and oxygen atoms in total. The van der Waals surface area contributed by atoms with Gasteiger partial charge in [-0.3, -0.25) is 4.79 Å². The van der Waals surface area contributed by atoms with Crippen LogP contribution in [0.25, 0.3) is 0 Å². The van der Waals surface area contributed by atoms with Crippen molar-refractivity contribution in [2.75, 3.05) is 0 Å². The van der Waals surface area contributed by atoms with Crippen molar-refractivity contribution in [2.24, 2.45) is 34.5 Å². The van der Waals surface area contributed by atoms with Gasteiger partial charge in [-0.1, -0.05) is 25.5 Å². The summed E-state index contributed by atoms with van der Waals surface area (Å²) in [6, 6.07) is 0. The molecule has 0 saturated heterocycles. The minimum atomic E-state index is 0.271. The molecule has 4 aliphatic carbocycles. The van der Waals surface area contributed by atoms with Gasteiger partial charge in [-0.05, 0) is 86.9 Å². The average molecular weight is 474 g/mol. The number of Topliss-reactive ketones (excluding diaryl/α,β-unsaturated/α-hetero) is 1. The van der Waals surface area contributed by atoms with E-state index in [1.807, 2.05) is 6.92 Å². The normalized spacial score (nSPS) is 49.0. The van der Waals surface area contributed by atoms with Crippen LogP contribution in [0, 0.1) is 34.5 Å². The fourth-order valence-corrected chi connectivity index (χ4v) is 8.58. The minimum Gasteiger partial charge on any atom is -0.302 e. The van der Waals surface area contributed by atoms with Crippen molar-refractivity contribution in [3.63, 3.8) is 0 Å². The maximum Gasteiger partial charge on any atom is 0.133 e. The van der Waals surface area contributed by atoms with Crippen LogP contribution in [-0.2, 0) is 8.98 Å². The maximum atomic E-state index is 12.2. The Morgan fingerprint density at radius 1 is 1.20 bits per heavy atom. The maximum absolute atomic E-state index is 12.2. The van der Waals surface area contributed by atoms with Gasteiger partial charge in [0.05, 0.1) is 15.3 Å². The molecule has 25 heavy (non-hydrogen) atoms. The molecule has 7 unspecified atom stereocenters. The number of hydrogen-bond donors (Lipinski definition) is 0. The third kappa shape index (κ3) is 2.88. The van der Waals surface area contributed by atoms with Crippen molar-refractivity contribution in [2.45, 2.75) is 78.2 Å². The van der Waals surface area contributed by atoms with Gasteiger partial charge < -0.3 is 4.18 Å². The van der Waals surface area contributed by atoms with Gasteiger partial charge in [0.15, 0.2) is 0 Å². The second-order valence-corrected chi connectivity index (χ2v) is 11.0. The van der Waals surface area contributed by atoms with Crippen molar-refractivity contribution in [1.82, 2.24) is 0 Å². The molecule has 3 saturated carbocycles. The topological polar surface area (TPSA) is 26.3 Å². The Balaban J connectivity index is 1.60. The van der Waals surface area contributed by atoms with Gasteiger partial charge in [0, 0.05) is 27.1 Å². The summed E-state index contributed by atoms with van der Waals surface area (Å²) in [6.07, 6.45) is 12.8. The first-order valence-corrected chi connectivity index (χ1v) is 13.3. The molecular formula is C21H31IO2S. The van der Waals surface area contributed by atoms with Gasteiger partial charge >= 0.3 is 0 Å². The molecule has 0 bridgehead atoms. The van der Waals surface area contributed by atoms with Crippen LogP contribution in [-0.4, -0.2) is 11.9 Å². The largest absolute Gasteiger partial charge is 0.302 e. The molecule has 0 spiro atoms. The quantitative estimate of drug-likeness (QED) is 0.264.